The maximum atomic E-state index is 12.6. The third kappa shape index (κ3) is 3.47. The van der Waals surface area contributed by atoms with Gasteiger partial charge in [-0.1, -0.05) is 30.0 Å². The number of aliphatic imine (C=N–C) groups is 1. The number of likely N-dealkylation sites (tertiary alicyclic amines) is 1. The van der Waals surface area contributed by atoms with Crippen molar-refractivity contribution in [3.63, 3.8) is 0 Å². The van der Waals surface area contributed by atoms with E-state index in [1.807, 2.05) is 35.2 Å². The summed E-state index contributed by atoms with van der Waals surface area (Å²) in [6.07, 6.45) is 0. The first-order valence-corrected chi connectivity index (χ1v) is 9.95. The molecule has 9 heteroatoms. The smallest absolute Gasteiger partial charge is 0.354 e. The van der Waals surface area contributed by atoms with Crippen molar-refractivity contribution in [3.8, 4) is 5.75 Å². The van der Waals surface area contributed by atoms with E-state index in [-0.39, 0.29) is 23.6 Å². The summed E-state index contributed by atoms with van der Waals surface area (Å²) in [4.78, 5) is 32.3. The highest BCUT2D eigenvalue weighted by molar-refractivity contribution is 8.15. The van der Waals surface area contributed by atoms with Crippen LogP contribution in [0, 0.1) is 0 Å². The second kappa shape index (κ2) is 7.84. The van der Waals surface area contributed by atoms with Gasteiger partial charge in [-0.25, -0.2) is 4.79 Å². The number of benzene rings is 1. The second-order valence-corrected chi connectivity index (χ2v) is 7.81. The summed E-state index contributed by atoms with van der Waals surface area (Å²) < 4.78 is 11.0. The van der Waals surface area contributed by atoms with Crippen LogP contribution in [0.3, 0.4) is 0 Å². The van der Waals surface area contributed by atoms with Crippen molar-refractivity contribution < 1.29 is 24.2 Å². The molecule has 3 heterocycles. The van der Waals surface area contributed by atoms with Crippen LogP contribution < -0.4 is 4.74 Å². The molecule has 0 spiro atoms. The van der Waals surface area contributed by atoms with E-state index in [1.165, 1.54) is 16.7 Å². The van der Waals surface area contributed by atoms with Crippen molar-refractivity contribution in [1.29, 1.82) is 0 Å². The van der Waals surface area contributed by atoms with Crippen molar-refractivity contribution >= 4 is 28.7 Å². The van der Waals surface area contributed by atoms with E-state index in [4.69, 9.17) is 9.47 Å². The molecule has 2 fully saturated rings. The van der Waals surface area contributed by atoms with Gasteiger partial charge in [0.2, 0.25) is 0 Å². The van der Waals surface area contributed by atoms with E-state index in [0.717, 1.165) is 5.75 Å². The van der Waals surface area contributed by atoms with Gasteiger partial charge in [0.1, 0.15) is 28.5 Å². The van der Waals surface area contributed by atoms with E-state index < -0.39 is 12.0 Å². The van der Waals surface area contributed by atoms with Crippen molar-refractivity contribution in [2.45, 2.75) is 18.3 Å². The maximum absolute atomic E-state index is 12.6. The molecule has 3 aliphatic heterocycles. The summed E-state index contributed by atoms with van der Waals surface area (Å²) in [5, 5.41) is 10.2. The van der Waals surface area contributed by atoms with Gasteiger partial charge in [-0.2, -0.15) is 0 Å². The van der Waals surface area contributed by atoms with E-state index in [1.54, 1.807) is 6.92 Å². The number of para-hydroxylation sites is 1. The molecule has 0 aromatic heterocycles. The summed E-state index contributed by atoms with van der Waals surface area (Å²) in [5.74, 6) is -0.662. The van der Waals surface area contributed by atoms with Gasteiger partial charge >= 0.3 is 5.97 Å². The van der Waals surface area contributed by atoms with Gasteiger partial charge in [0.25, 0.3) is 5.91 Å². The predicted octanol–water partition coefficient (Wildman–Crippen LogP) is 1.40. The third-order valence-corrected chi connectivity index (χ3v) is 6.14. The molecule has 1 aromatic carbocycles. The molecule has 1 aromatic rings. The number of nitrogens with zero attached hydrogens (tertiary/aromatic N) is 3. The van der Waals surface area contributed by atoms with Crippen LogP contribution in [0.2, 0.25) is 0 Å². The minimum absolute atomic E-state index is 0.0288. The Bertz CT molecular complexity index is 835. The number of hydrogen-bond acceptors (Lipinski definition) is 7. The summed E-state index contributed by atoms with van der Waals surface area (Å²) >= 11 is 1.39. The largest absolute Gasteiger partial charge is 0.487 e. The molecule has 1 amide bonds. The Labute approximate surface area is 166 Å². The van der Waals surface area contributed by atoms with Crippen LogP contribution in [-0.4, -0.2) is 76.2 Å². The topological polar surface area (TPSA) is 91.7 Å². The van der Waals surface area contributed by atoms with Gasteiger partial charge in [0.15, 0.2) is 6.04 Å². The average molecular weight is 403 g/mol. The van der Waals surface area contributed by atoms with Gasteiger partial charge in [-0.05, 0) is 19.1 Å². The van der Waals surface area contributed by atoms with E-state index in [2.05, 4.69) is 4.99 Å². The van der Waals surface area contributed by atoms with E-state index in [0.29, 0.717) is 37.0 Å². The molecule has 0 bridgehead atoms. The number of fused-ring (bicyclic) bond motifs is 1. The lowest BCUT2D eigenvalue weighted by Crippen LogP contribution is -2.61. The fourth-order valence-electron chi connectivity index (χ4n) is 3.46. The molecule has 4 rings (SSSR count). The molecule has 0 saturated carbocycles. The zero-order valence-corrected chi connectivity index (χ0v) is 16.2. The summed E-state index contributed by atoms with van der Waals surface area (Å²) in [5.41, 5.74) is 0.610. The number of carboxylic acid groups (broad SMARTS) is 1. The van der Waals surface area contributed by atoms with Gasteiger partial charge in [0.05, 0.1) is 13.2 Å². The SMILES string of the molecule is CC(=C(C(=O)O)N1C(=O)C2N=C(COc3ccccc3)SC21)N1CCOCC1. The van der Waals surface area contributed by atoms with Gasteiger partial charge < -0.3 is 19.5 Å². The van der Waals surface area contributed by atoms with Crippen molar-refractivity contribution in [3.05, 3.63) is 41.7 Å². The Hall–Kier alpha value is -2.52. The molecule has 0 aliphatic carbocycles. The van der Waals surface area contributed by atoms with Crippen molar-refractivity contribution in [1.82, 2.24) is 9.80 Å². The maximum Gasteiger partial charge on any atom is 0.354 e. The van der Waals surface area contributed by atoms with Gasteiger partial charge in [0, 0.05) is 18.8 Å². The molecule has 2 saturated heterocycles. The quantitative estimate of drug-likeness (QED) is 0.567. The van der Waals surface area contributed by atoms with Crippen molar-refractivity contribution in [2.75, 3.05) is 32.9 Å². The number of β-lactam (4-membered cyclic amide) rings is 1. The lowest BCUT2D eigenvalue weighted by molar-refractivity contribution is -0.147. The number of rotatable bonds is 6. The molecule has 1 N–H and O–H groups in total. The molecular weight excluding hydrogens is 382 g/mol. The zero-order valence-electron chi connectivity index (χ0n) is 15.4. The molecule has 8 nitrogen and oxygen atoms in total. The zero-order chi connectivity index (χ0) is 19.7. The first-order chi connectivity index (χ1) is 13.6. The lowest BCUT2D eigenvalue weighted by atomic mass is 10.1. The monoisotopic (exact) mass is 403 g/mol. The molecule has 28 heavy (non-hydrogen) atoms. The highest BCUT2D eigenvalue weighted by atomic mass is 32.2. The first kappa shape index (κ1) is 18.8. The van der Waals surface area contributed by atoms with Gasteiger partial charge in [-0.15, -0.1) is 0 Å². The fraction of sp³-hybridized carbons (Fsp3) is 0.421. The van der Waals surface area contributed by atoms with Crippen LogP contribution in [0.15, 0.2) is 46.7 Å². The number of ether oxygens (including phenoxy) is 2. The van der Waals surface area contributed by atoms with Crippen molar-refractivity contribution in [2.24, 2.45) is 4.99 Å². The number of carboxylic acids is 1. The van der Waals surface area contributed by atoms with E-state index >= 15 is 0 Å². The number of morpholine rings is 1. The summed E-state index contributed by atoms with van der Waals surface area (Å²) in [6.45, 7) is 4.32. The molecule has 148 valence electrons. The highest BCUT2D eigenvalue weighted by Gasteiger charge is 2.55. The number of hydrogen-bond donors (Lipinski definition) is 1. The van der Waals surface area contributed by atoms with Crippen LogP contribution in [-0.2, 0) is 14.3 Å². The van der Waals surface area contributed by atoms with Crippen LogP contribution in [0.4, 0.5) is 0 Å². The van der Waals surface area contributed by atoms with Crippen LogP contribution in [0.5, 0.6) is 5.75 Å². The Morgan fingerprint density at radius 1 is 1.32 bits per heavy atom. The van der Waals surface area contributed by atoms with Crippen LogP contribution in [0.25, 0.3) is 0 Å². The molecular formula is C19H21N3O5S. The predicted molar refractivity (Wildman–Crippen MR) is 104 cm³/mol. The standard InChI is InChI=1S/C19H21N3O5S/c1-12(21-7-9-26-10-8-21)16(19(24)25)22-17(23)15-18(22)28-14(20-15)11-27-13-5-3-2-4-6-13/h2-6,15,18H,7-11H2,1H3,(H,24,25). The number of allylic oxidation sites excluding steroid dienone is 1. The average Bonchev–Trinajstić information content (AvgIpc) is 3.10. The Balaban J connectivity index is 1.47. The van der Waals surface area contributed by atoms with Crippen LogP contribution in [0.1, 0.15) is 6.92 Å². The minimum Gasteiger partial charge on any atom is -0.487 e. The Morgan fingerprint density at radius 3 is 2.71 bits per heavy atom. The Kier molecular flexibility index (Phi) is 5.27. The number of aliphatic carboxylic acids is 1. The normalized spacial score (nSPS) is 24.9. The molecule has 0 radical (unpaired) electrons. The number of amides is 1. The number of carbonyl (C=O) groups is 2. The van der Waals surface area contributed by atoms with Crippen LogP contribution >= 0.6 is 11.8 Å². The number of carbonyl (C=O) groups excluding carboxylic acids is 1. The first-order valence-electron chi connectivity index (χ1n) is 9.07. The summed E-state index contributed by atoms with van der Waals surface area (Å²) in [7, 11) is 0. The van der Waals surface area contributed by atoms with E-state index in [9.17, 15) is 14.7 Å². The molecule has 3 aliphatic rings. The third-order valence-electron chi connectivity index (χ3n) is 4.93. The summed E-state index contributed by atoms with van der Waals surface area (Å²) in [6, 6.07) is 8.83. The second-order valence-electron chi connectivity index (χ2n) is 6.62. The lowest BCUT2D eigenvalue weighted by Gasteiger charge is -2.43. The highest BCUT2D eigenvalue weighted by Crippen LogP contribution is 2.42. The number of thioether (sulfide) groups is 1. The molecule has 2 atom stereocenters. The minimum atomic E-state index is -1.11. The van der Waals surface area contributed by atoms with Gasteiger partial charge in [-0.3, -0.25) is 14.7 Å². The fourth-order valence-corrected chi connectivity index (χ4v) is 4.66. The Morgan fingerprint density at radius 2 is 2.04 bits per heavy atom. The molecule has 2 unspecified atom stereocenters.